The highest BCUT2D eigenvalue weighted by Gasteiger charge is 2.22. The molecule has 0 radical (unpaired) electrons. The molecule has 1 saturated heterocycles. The molecule has 1 N–H and O–H groups in total. The van der Waals surface area contributed by atoms with Gasteiger partial charge in [-0.15, -0.1) is 0 Å². The van der Waals surface area contributed by atoms with Gasteiger partial charge in [0.25, 0.3) is 0 Å². The summed E-state index contributed by atoms with van der Waals surface area (Å²) in [6.07, 6.45) is 2.18. The largest absolute Gasteiger partial charge is 0.384 e. The van der Waals surface area contributed by atoms with Crippen molar-refractivity contribution in [1.82, 2.24) is 5.32 Å². The Bertz CT molecular complexity index is 367. The summed E-state index contributed by atoms with van der Waals surface area (Å²) in [5.74, 6) is 0. The molecule has 3 nitrogen and oxygen atoms in total. The normalized spacial score (nSPS) is 20.1. The monoisotopic (exact) mass is 248 g/mol. The molecule has 0 aliphatic carbocycles. The van der Waals surface area contributed by atoms with Crippen LogP contribution in [0.15, 0.2) is 24.3 Å². The number of methoxy groups -OCH3 is 1. The van der Waals surface area contributed by atoms with Crippen molar-refractivity contribution in [3.05, 3.63) is 29.8 Å². The highest BCUT2D eigenvalue weighted by Crippen LogP contribution is 2.24. The van der Waals surface area contributed by atoms with Crippen molar-refractivity contribution in [3.8, 4) is 0 Å². The topological polar surface area (TPSA) is 24.5 Å². The second-order valence-corrected chi connectivity index (χ2v) is 4.83. The average molecular weight is 248 g/mol. The SMILES string of the molecule is CCC1CNCCN1c1ccccc1CCOC. The predicted octanol–water partition coefficient (Wildman–Crippen LogP) is 2.06. The number of hydrogen-bond donors (Lipinski definition) is 1. The minimum atomic E-state index is 0.613. The molecule has 1 aliphatic rings. The zero-order valence-electron chi connectivity index (χ0n) is 11.5. The van der Waals surface area contributed by atoms with Crippen LogP contribution in [0.1, 0.15) is 18.9 Å². The van der Waals surface area contributed by atoms with Crippen LogP contribution >= 0.6 is 0 Å². The number of anilines is 1. The smallest absolute Gasteiger partial charge is 0.0503 e. The van der Waals surface area contributed by atoms with Crippen molar-refractivity contribution in [1.29, 1.82) is 0 Å². The number of benzene rings is 1. The van der Waals surface area contributed by atoms with Crippen molar-refractivity contribution in [2.24, 2.45) is 0 Å². The van der Waals surface area contributed by atoms with Crippen molar-refractivity contribution in [2.45, 2.75) is 25.8 Å². The van der Waals surface area contributed by atoms with E-state index in [0.717, 1.165) is 32.7 Å². The summed E-state index contributed by atoms with van der Waals surface area (Å²) in [6.45, 7) is 6.33. The van der Waals surface area contributed by atoms with Gasteiger partial charge in [0.15, 0.2) is 0 Å². The molecular formula is C15H24N2O. The average Bonchev–Trinajstić information content (AvgIpc) is 2.45. The second kappa shape index (κ2) is 6.76. The summed E-state index contributed by atoms with van der Waals surface area (Å²) in [7, 11) is 1.77. The molecule has 3 heteroatoms. The van der Waals surface area contributed by atoms with Gasteiger partial charge >= 0.3 is 0 Å². The molecule has 1 atom stereocenters. The summed E-state index contributed by atoms with van der Waals surface area (Å²) in [5, 5.41) is 3.48. The van der Waals surface area contributed by atoms with Gasteiger partial charge < -0.3 is 15.0 Å². The van der Waals surface area contributed by atoms with E-state index in [4.69, 9.17) is 4.74 Å². The van der Waals surface area contributed by atoms with Gasteiger partial charge in [-0.05, 0) is 24.5 Å². The second-order valence-electron chi connectivity index (χ2n) is 4.83. The van der Waals surface area contributed by atoms with E-state index in [1.807, 2.05) is 0 Å². The van der Waals surface area contributed by atoms with Crippen molar-refractivity contribution < 1.29 is 4.74 Å². The minimum Gasteiger partial charge on any atom is -0.384 e. The molecule has 0 saturated carbocycles. The Hall–Kier alpha value is -1.06. The summed E-state index contributed by atoms with van der Waals surface area (Å²) in [5.41, 5.74) is 2.79. The first kappa shape index (κ1) is 13.4. The number of nitrogens with one attached hydrogen (secondary N) is 1. The molecule has 18 heavy (non-hydrogen) atoms. The molecular weight excluding hydrogens is 224 g/mol. The molecule has 1 heterocycles. The van der Waals surface area contributed by atoms with Crippen LogP contribution in [0.25, 0.3) is 0 Å². The van der Waals surface area contributed by atoms with Crippen molar-refractivity contribution in [3.63, 3.8) is 0 Å². The Balaban J connectivity index is 2.19. The Labute approximate surface area is 110 Å². The number of nitrogens with zero attached hydrogens (tertiary/aromatic N) is 1. The van der Waals surface area contributed by atoms with Crippen molar-refractivity contribution >= 4 is 5.69 Å². The van der Waals surface area contributed by atoms with E-state index in [0.29, 0.717) is 6.04 Å². The fourth-order valence-electron chi connectivity index (χ4n) is 2.66. The van der Waals surface area contributed by atoms with Gasteiger partial charge in [-0.1, -0.05) is 25.1 Å². The molecule has 2 rings (SSSR count). The number of hydrogen-bond acceptors (Lipinski definition) is 3. The third kappa shape index (κ3) is 3.03. The number of ether oxygens (including phenoxy) is 1. The maximum atomic E-state index is 5.21. The number of piperazine rings is 1. The van der Waals surface area contributed by atoms with Gasteiger partial charge in [-0.2, -0.15) is 0 Å². The van der Waals surface area contributed by atoms with Crippen LogP contribution in [0.2, 0.25) is 0 Å². The summed E-state index contributed by atoms with van der Waals surface area (Å²) in [6, 6.07) is 9.35. The molecule has 1 unspecified atom stereocenters. The molecule has 0 amide bonds. The lowest BCUT2D eigenvalue weighted by Gasteiger charge is -2.38. The first-order valence-electron chi connectivity index (χ1n) is 6.91. The summed E-state index contributed by atoms with van der Waals surface area (Å²) in [4.78, 5) is 2.56. The highest BCUT2D eigenvalue weighted by molar-refractivity contribution is 5.55. The van der Waals surface area contributed by atoms with E-state index in [9.17, 15) is 0 Å². The zero-order valence-corrected chi connectivity index (χ0v) is 11.5. The first-order chi connectivity index (χ1) is 8.86. The van der Waals surface area contributed by atoms with Crippen LogP contribution in [0, 0.1) is 0 Å². The molecule has 0 aromatic heterocycles. The van der Waals surface area contributed by atoms with E-state index in [1.165, 1.54) is 17.7 Å². The Kier molecular flexibility index (Phi) is 5.02. The van der Waals surface area contributed by atoms with Gasteiger partial charge in [-0.3, -0.25) is 0 Å². The fourth-order valence-corrected chi connectivity index (χ4v) is 2.66. The van der Waals surface area contributed by atoms with Crippen LogP contribution in [-0.4, -0.2) is 39.4 Å². The lowest BCUT2D eigenvalue weighted by molar-refractivity contribution is 0.202. The van der Waals surface area contributed by atoms with Crippen LogP contribution in [-0.2, 0) is 11.2 Å². The summed E-state index contributed by atoms with van der Waals surface area (Å²) < 4.78 is 5.21. The molecule has 1 aromatic rings. The van der Waals surface area contributed by atoms with Crippen molar-refractivity contribution in [2.75, 3.05) is 38.3 Å². The van der Waals surface area contributed by atoms with E-state index < -0.39 is 0 Å². The van der Waals surface area contributed by atoms with Crippen LogP contribution < -0.4 is 10.2 Å². The predicted molar refractivity (Wildman–Crippen MR) is 76.3 cm³/mol. The number of para-hydroxylation sites is 1. The van der Waals surface area contributed by atoms with Gasteiger partial charge in [0.2, 0.25) is 0 Å². The van der Waals surface area contributed by atoms with Crippen LogP contribution in [0.5, 0.6) is 0 Å². The maximum absolute atomic E-state index is 5.21. The summed E-state index contributed by atoms with van der Waals surface area (Å²) >= 11 is 0. The van der Waals surface area contributed by atoms with Gasteiger partial charge in [0.1, 0.15) is 0 Å². The maximum Gasteiger partial charge on any atom is 0.0503 e. The number of rotatable bonds is 5. The standard InChI is InChI=1S/C15H24N2O/c1-3-14-12-16-9-10-17(14)15-7-5-4-6-13(15)8-11-18-2/h4-7,14,16H,3,8-12H2,1-2H3. The Morgan fingerprint density at radius 2 is 2.22 bits per heavy atom. The molecule has 0 bridgehead atoms. The molecule has 100 valence electrons. The third-order valence-electron chi connectivity index (χ3n) is 3.70. The van der Waals surface area contributed by atoms with E-state index in [1.54, 1.807) is 7.11 Å². The molecule has 1 aromatic carbocycles. The zero-order chi connectivity index (χ0) is 12.8. The van der Waals surface area contributed by atoms with E-state index in [-0.39, 0.29) is 0 Å². The molecule has 1 fully saturated rings. The molecule has 0 spiro atoms. The van der Waals surface area contributed by atoms with Gasteiger partial charge in [-0.25, -0.2) is 0 Å². The van der Waals surface area contributed by atoms with E-state index >= 15 is 0 Å². The Morgan fingerprint density at radius 3 is 3.00 bits per heavy atom. The lowest BCUT2D eigenvalue weighted by Crippen LogP contribution is -2.51. The van der Waals surface area contributed by atoms with E-state index in [2.05, 4.69) is 41.4 Å². The Morgan fingerprint density at radius 1 is 1.39 bits per heavy atom. The third-order valence-corrected chi connectivity index (χ3v) is 3.70. The minimum absolute atomic E-state index is 0.613. The fraction of sp³-hybridized carbons (Fsp3) is 0.600. The quantitative estimate of drug-likeness (QED) is 0.863. The van der Waals surface area contributed by atoms with Crippen LogP contribution in [0.3, 0.4) is 0 Å². The van der Waals surface area contributed by atoms with Gasteiger partial charge in [0.05, 0.1) is 6.61 Å². The van der Waals surface area contributed by atoms with Crippen LogP contribution in [0.4, 0.5) is 5.69 Å². The molecule has 1 aliphatic heterocycles. The first-order valence-corrected chi connectivity index (χ1v) is 6.91. The highest BCUT2D eigenvalue weighted by atomic mass is 16.5. The lowest BCUT2D eigenvalue weighted by atomic mass is 10.0. The van der Waals surface area contributed by atoms with Gasteiger partial charge in [0, 0.05) is 38.5 Å².